The molecule has 4 heteroatoms. The summed E-state index contributed by atoms with van der Waals surface area (Å²) in [4.78, 5) is 16.3. The second kappa shape index (κ2) is 5.54. The first kappa shape index (κ1) is 14.0. The highest BCUT2D eigenvalue weighted by atomic mass is 16.1. The highest BCUT2D eigenvalue weighted by molar-refractivity contribution is 5.96. The van der Waals surface area contributed by atoms with Gasteiger partial charge in [-0.25, -0.2) is 4.98 Å². The molecule has 1 heterocycles. The summed E-state index contributed by atoms with van der Waals surface area (Å²) >= 11 is 0. The number of hydrogen-bond acceptors (Lipinski definition) is 2. The van der Waals surface area contributed by atoms with Crippen LogP contribution in [0.25, 0.3) is 22.4 Å². The molecular formula is C19H19N3O. The normalized spacial score (nSPS) is 15.3. The van der Waals surface area contributed by atoms with Crippen LogP contribution in [0.15, 0.2) is 48.5 Å². The zero-order valence-electron chi connectivity index (χ0n) is 12.9. The van der Waals surface area contributed by atoms with E-state index in [9.17, 15) is 4.79 Å². The molecule has 23 heavy (non-hydrogen) atoms. The highest BCUT2D eigenvalue weighted by Gasteiger charge is 2.23. The lowest BCUT2D eigenvalue weighted by Crippen LogP contribution is -2.10. The third kappa shape index (κ3) is 2.40. The van der Waals surface area contributed by atoms with Gasteiger partial charge < -0.3 is 10.3 Å². The minimum absolute atomic E-state index is 0.413. The number of primary amides is 1. The molecule has 2 N–H and O–H groups in total. The summed E-state index contributed by atoms with van der Waals surface area (Å²) in [7, 11) is 0. The average molecular weight is 305 g/mol. The lowest BCUT2D eigenvalue weighted by atomic mass is 10.1. The van der Waals surface area contributed by atoms with E-state index >= 15 is 0 Å². The number of nitrogens with two attached hydrogens (primary N) is 1. The van der Waals surface area contributed by atoms with Gasteiger partial charge in [-0.15, -0.1) is 0 Å². The molecule has 0 radical (unpaired) electrons. The van der Waals surface area contributed by atoms with Gasteiger partial charge >= 0.3 is 0 Å². The first-order valence-corrected chi connectivity index (χ1v) is 8.11. The van der Waals surface area contributed by atoms with E-state index in [4.69, 9.17) is 10.7 Å². The molecule has 4 rings (SSSR count). The van der Waals surface area contributed by atoms with E-state index < -0.39 is 5.91 Å². The van der Waals surface area contributed by atoms with Crippen molar-refractivity contribution >= 4 is 16.9 Å². The Labute approximate surface area is 134 Å². The molecule has 1 amide bonds. The number of carbonyl (C=O) groups excluding carboxylic acids is 1. The van der Waals surface area contributed by atoms with E-state index in [1.807, 2.05) is 24.3 Å². The SMILES string of the molecule is NC(=O)c1ccc2c(c1)nc(-c1ccccc1)n2C1CCCC1. The third-order valence-corrected chi connectivity index (χ3v) is 4.70. The van der Waals surface area contributed by atoms with Gasteiger partial charge in [0.25, 0.3) is 0 Å². The Hall–Kier alpha value is -2.62. The summed E-state index contributed by atoms with van der Waals surface area (Å²) in [6.07, 6.45) is 4.89. The average Bonchev–Trinajstić information content (AvgIpc) is 3.21. The van der Waals surface area contributed by atoms with Crippen LogP contribution < -0.4 is 5.73 Å². The number of fused-ring (bicyclic) bond motifs is 1. The molecule has 0 atom stereocenters. The molecule has 1 saturated carbocycles. The fourth-order valence-corrected chi connectivity index (χ4v) is 3.57. The van der Waals surface area contributed by atoms with Crippen LogP contribution in [0.4, 0.5) is 0 Å². The summed E-state index contributed by atoms with van der Waals surface area (Å²) in [5.41, 5.74) is 8.95. The molecule has 1 aliphatic carbocycles. The zero-order chi connectivity index (χ0) is 15.8. The molecule has 1 aromatic heterocycles. The Morgan fingerprint density at radius 1 is 1.09 bits per heavy atom. The molecule has 3 aromatic rings. The Morgan fingerprint density at radius 2 is 1.83 bits per heavy atom. The Bertz CT molecular complexity index is 861. The molecular weight excluding hydrogens is 286 g/mol. The van der Waals surface area contributed by atoms with Crippen LogP contribution in [-0.4, -0.2) is 15.5 Å². The fourth-order valence-electron chi connectivity index (χ4n) is 3.57. The van der Waals surface area contributed by atoms with Crippen molar-refractivity contribution < 1.29 is 4.79 Å². The largest absolute Gasteiger partial charge is 0.366 e. The number of nitrogens with zero attached hydrogens (tertiary/aromatic N) is 2. The number of rotatable bonds is 3. The van der Waals surface area contributed by atoms with Crippen molar-refractivity contribution in [3.8, 4) is 11.4 Å². The lowest BCUT2D eigenvalue weighted by Gasteiger charge is -2.16. The molecule has 0 spiro atoms. The van der Waals surface area contributed by atoms with Crippen LogP contribution in [0.5, 0.6) is 0 Å². The van der Waals surface area contributed by atoms with Gasteiger partial charge in [-0.05, 0) is 31.0 Å². The number of imidazole rings is 1. The standard InChI is InChI=1S/C19H19N3O/c20-18(23)14-10-11-17-16(12-14)21-19(13-6-2-1-3-7-13)22(17)15-8-4-5-9-15/h1-3,6-7,10-12,15H,4-5,8-9H2,(H2,20,23). The lowest BCUT2D eigenvalue weighted by molar-refractivity contribution is 0.100. The van der Waals surface area contributed by atoms with Gasteiger partial charge in [0.05, 0.1) is 11.0 Å². The number of hydrogen-bond donors (Lipinski definition) is 1. The van der Waals surface area contributed by atoms with Gasteiger partial charge in [0.2, 0.25) is 5.91 Å². The Morgan fingerprint density at radius 3 is 2.52 bits per heavy atom. The minimum atomic E-state index is -0.413. The predicted molar refractivity (Wildman–Crippen MR) is 91.2 cm³/mol. The molecule has 1 aliphatic rings. The van der Waals surface area contributed by atoms with Crippen molar-refractivity contribution in [2.75, 3.05) is 0 Å². The van der Waals surface area contributed by atoms with Crippen molar-refractivity contribution in [3.05, 3.63) is 54.1 Å². The van der Waals surface area contributed by atoms with Gasteiger partial charge in [0.15, 0.2) is 0 Å². The van der Waals surface area contributed by atoms with Crippen LogP contribution in [0.3, 0.4) is 0 Å². The number of aromatic nitrogens is 2. The van der Waals surface area contributed by atoms with Crippen LogP contribution in [-0.2, 0) is 0 Å². The van der Waals surface area contributed by atoms with Crippen molar-refractivity contribution in [2.24, 2.45) is 5.73 Å². The van der Waals surface area contributed by atoms with Crippen LogP contribution in [0.2, 0.25) is 0 Å². The van der Waals surface area contributed by atoms with Gasteiger partial charge in [-0.2, -0.15) is 0 Å². The van der Waals surface area contributed by atoms with E-state index in [0.717, 1.165) is 22.4 Å². The van der Waals surface area contributed by atoms with Crippen molar-refractivity contribution in [3.63, 3.8) is 0 Å². The van der Waals surface area contributed by atoms with E-state index in [1.54, 1.807) is 12.1 Å². The van der Waals surface area contributed by atoms with Gasteiger partial charge in [0, 0.05) is 17.2 Å². The van der Waals surface area contributed by atoms with Gasteiger partial charge in [-0.3, -0.25) is 4.79 Å². The monoisotopic (exact) mass is 305 g/mol. The van der Waals surface area contributed by atoms with E-state index in [0.29, 0.717) is 11.6 Å². The Balaban J connectivity index is 1.96. The summed E-state index contributed by atoms with van der Waals surface area (Å²) in [5, 5.41) is 0. The molecule has 0 unspecified atom stereocenters. The van der Waals surface area contributed by atoms with Gasteiger partial charge in [0.1, 0.15) is 5.82 Å². The Kier molecular flexibility index (Phi) is 3.37. The number of benzene rings is 2. The van der Waals surface area contributed by atoms with Crippen LogP contribution in [0.1, 0.15) is 42.1 Å². The van der Waals surface area contributed by atoms with Crippen molar-refractivity contribution in [1.82, 2.24) is 9.55 Å². The molecule has 1 fully saturated rings. The third-order valence-electron chi connectivity index (χ3n) is 4.70. The summed E-state index contributed by atoms with van der Waals surface area (Å²) in [5.74, 6) is 0.567. The zero-order valence-corrected chi connectivity index (χ0v) is 12.9. The fraction of sp³-hybridized carbons (Fsp3) is 0.263. The first-order chi connectivity index (χ1) is 11.2. The maximum Gasteiger partial charge on any atom is 0.248 e. The highest BCUT2D eigenvalue weighted by Crippen LogP contribution is 2.36. The smallest absolute Gasteiger partial charge is 0.248 e. The number of carbonyl (C=O) groups is 1. The maximum absolute atomic E-state index is 11.5. The topological polar surface area (TPSA) is 60.9 Å². The predicted octanol–water partition coefficient (Wildman–Crippen LogP) is 3.92. The number of amides is 1. The van der Waals surface area contributed by atoms with E-state index in [-0.39, 0.29) is 0 Å². The summed E-state index contributed by atoms with van der Waals surface area (Å²) < 4.78 is 2.35. The molecule has 0 aliphatic heterocycles. The van der Waals surface area contributed by atoms with E-state index in [2.05, 4.69) is 16.7 Å². The minimum Gasteiger partial charge on any atom is -0.366 e. The van der Waals surface area contributed by atoms with Crippen molar-refractivity contribution in [2.45, 2.75) is 31.7 Å². The maximum atomic E-state index is 11.5. The summed E-state index contributed by atoms with van der Waals surface area (Å²) in [6.45, 7) is 0. The van der Waals surface area contributed by atoms with E-state index in [1.165, 1.54) is 25.7 Å². The molecule has 2 aromatic carbocycles. The molecule has 4 nitrogen and oxygen atoms in total. The molecule has 0 saturated heterocycles. The van der Waals surface area contributed by atoms with Crippen molar-refractivity contribution in [1.29, 1.82) is 0 Å². The van der Waals surface area contributed by atoms with Gasteiger partial charge in [-0.1, -0.05) is 43.2 Å². The second-order valence-corrected chi connectivity index (χ2v) is 6.18. The first-order valence-electron chi connectivity index (χ1n) is 8.11. The second-order valence-electron chi connectivity index (χ2n) is 6.18. The molecule has 0 bridgehead atoms. The quantitative estimate of drug-likeness (QED) is 0.797. The summed E-state index contributed by atoms with van der Waals surface area (Å²) in [6, 6.07) is 16.3. The van der Waals surface area contributed by atoms with Crippen LogP contribution in [0, 0.1) is 0 Å². The van der Waals surface area contributed by atoms with Crippen LogP contribution >= 0.6 is 0 Å². The molecule has 116 valence electrons.